The van der Waals surface area contributed by atoms with Crippen molar-refractivity contribution in [3.05, 3.63) is 28.3 Å². The largest absolute Gasteiger partial charge is 0.417 e. The van der Waals surface area contributed by atoms with E-state index in [1.165, 1.54) is 18.2 Å². The maximum absolute atomic E-state index is 11.2. The van der Waals surface area contributed by atoms with Crippen molar-refractivity contribution < 1.29 is 14.5 Å². The van der Waals surface area contributed by atoms with E-state index in [9.17, 15) is 14.9 Å². The van der Waals surface area contributed by atoms with Gasteiger partial charge in [-0.2, -0.15) is 0 Å². The molecule has 0 radical (unpaired) electrons. The predicted molar refractivity (Wildman–Crippen MR) is 58.1 cm³/mol. The number of para-hydroxylation sites is 1. The van der Waals surface area contributed by atoms with E-state index >= 15 is 0 Å². The Morgan fingerprint density at radius 2 is 2.25 bits per heavy atom. The molecule has 0 aliphatic rings. The molecule has 0 fully saturated rings. The molecule has 0 spiro atoms. The van der Waals surface area contributed by atoms with Crippen LogP contribution in [0.2, 0.25) is 0 Å². The van der Waals surface area contributed by atoms with Gasteiger partial charge in [0.2, 0.25) is 5.75 Å². The highest BCUT2D eigenvalue weighted by Gasteiger charge is 2.20. The number of carbonyl (C=O) groups excluding carboxylic acids is 1. The minimum Gasteiger partial charge on any atom is -0.417 e. The third kappa shape index (κ3) is 2.69. The van der Waals surface area contributed by atoms with E-state index in [0.717, 1.165) is 0 Å². The van der Waals surface area contributed by atoms with Crippen LogP contribution in [0.15, 0.2) is 18.2 Å². The molecule has 0 unspecified atom stereocenters. The molecular formula is C10H12N2O4. The molecule has 0 aliphatic carbocycles. The first kappa shape index (κ1) is 12.0. The third-order valence-electron chi connectivity index (χ3n) is 1.89. The summed E-state index contributed by atoms with van der Waals surface area (Å²) in [4.78, 5) is 21.3. The normalized spacial score (nSPS) is 9.81. The molecule has 1 aromatic carbocycles. The number of rotatable bonds is 4. The highest BCUT2D eigenvalue weighted by molar-refractivity contribution is 5.77. The standard InChI is InChI=1S/C10H12N2O4/c1-2-4-9(13)16-10-7(11)5-3-6-8(10)12(14)15/h3,5-6H,2,4,11H2,1H3. The van der Waals surface area contributed by atoms with Gasteiger partial charge in [-0.3, -0.25) is 14.9 Å². The number of nitrogen functional groups attached to an aromatic ring is 1. The van der Waals surface area contributed by atoms with E-state index in [1.54, 1.807) is 0 Å². The summed E-state index contributed by atoms with van der Waals surface area (Å²) in [6.07, 6.45) is 0.810. The predicted octanol–water partition coefficient (Wildman–Crippen LogP) is 1.88. The number of hydrogen-bond acceptors (Lipinski definition) is 5. The van der Waals surface area contributed by atoms with Crippen LogP contribution in [0.25, 0.3) is 0 Å². The quantitative estimate of drug-likeness (QED) is 0.277. The minimum atomic E-state index is -0.634. The van der Waals surface area contributed by atoms with Gasteiger partial charge in [-0.25, -0.2) is 0 Å². The molecule has 0 saturated carbocycles. The fourth-order valence-electron chi connectivity index (χ4n) is 1.17. The first-order valence-corrected chi connectivity index (χ1v) is 4.79. The molecule has 0 heterocycles. The molecule has 86 valence electrons. The molecular weight excluding hydrogens is 212 g/mol. The van der Waals surface area contributed by atoms with Crippen LogP contribution in [0.1, 0.15) is 19.8 Å². The Morgan fingerprint density at radius 1 is 1.56 bits per heavy atom. The molecule has 6 heteroatoms. The Kier molecular flexibility index (Phi) is 3.82. The second kappa shape index (κ2) is 5.11. The Labute approximate surface area is 92.2 Å². The summed E-state index contributed by atoms with van der Waals surface area (Å²) in [5.41, 5.74) is 5.30. The summed E-state index contributed by atoms with van der Waals surface area (Å²) in [7, 11) is 0. The number of benzene rings is 1. The van der Waals surface area contributed by atoms with Crippen LogP contribution >= 0.6 is 0 Å². The molecule has 1 aromatic rings. The molecule has 0 aliphatic heterocycles. The van der Waals surface area contributed by atoms with Gasteiger partial charge in [0.15, 0.2) is 0 Å². The molecule has 0 atom stereocenters. The third-order valence-corrected chi connectivity index (χ3v) is 1.89. The number of carbonyl (C=O) groups is 1. The Bertz CT molecular complexity index is 417. The van der Waals surface area contributed by atoms with E-state index < -0.39 is 10.9 Å². The number of esters is 1. The van der Waals surface area contributed by atoms with Crippen molar-refractivity contribution in [1.82, 2.24) is 0 Å². The lowest BCUT2D eigenvalue weighted by Crippen LogP contribution is -2.10. The van der Waals surface area contributed by atoms with Crippen molar-refractivity contribution in [2.75, 3.05) is 5.73 Å². The van der Waals surface area contributed by atoms with Gasteiger partial charge in [0.05, 0.1) is 10.6 Å². The fraction of sp³-hybridized carbons (Fsp3) is 0.300. The van der Waals surface area contributed by atoms with E-state index in [4.69, 9.17) is 10.5 Å². The van der Waals surface area contributed by atoms with Gasteiger partial charge in [-0.1, -0.05) is 13.0 Å². The van der Waals surface area contributed by atoms with Gasteiger partial charge in [0.25, 0.3) is 0 Å². The SMILES string of the molecule is CCCC(=O)Oc1c(N)cccc1[N+](=O)[O-]. The first-order valence-electron chi connectivity index (χ1n) is 4.79. The van der Waals surface area contributed by atoms with Crippen LogP contribution in [0.4, 0.5) is 11.4 Å². The number of nitro groups is 1. The maximum atomic E-state index is 11.2. The average molecular weight is 224 g/mol. The lowest BCUT2D eigenvalue weighted by Gasteiger charge is -2.06. The monoisotopic (exact) mass is 224 g/mol. The van der Waals surface area contributed by atoms with E-state index in [-0.39, 0.29) is 23.5 Å². The van der Waals surface area contributed by atoms with E-state index in [2.05, 4.69) is 0 Å². The Morgan fingerprint density at radius 3 is 2.81 bits per heavy atom. The summed E-state index contributed by atoms with van der Waals surface area (Å²) in [5.74, 6) is -0.700. The van der Waals surface area contributed by atoms with Crippen molar-refractivity contribution in [3.8, 4) is 5.75 Å². The summed E-state index contributed by atoms with van der Waals surface area (Å²) in [6, 6.07) is 4.12. The number of hydrogen-bond donors (Lipinski definition) is 1. The zero-order valence-corrected chi connectivity index (χ0v) is 8.80. The van der Waals surface area contributed by atoms with Crippen LogP contribution in [0, 0.1) is 10.1 Å². The minimum absolute atomic E-state index is 0.0821. The van der Waals surface area contributed by atoms with Crippen molar-refractivity contribution in [2.45, 2.75) is 19.8 Å². The molecule has 16 heavy (non-hydrogen) atoms. The van der Waals surface area contributed by atoms with Gasteiger partial charge in [-0.05, 0) is 12.5 Å². The zero-order valence-electron chi connectivity index (χ0n) is 8.80. The van der Waals surface area contributed by atoms with Crippen LogP contribution in [-0.2, 0) is 4.79 Å². The molecule has 0 bridgehead atoms. The zero-order chi connectivity index (χ0) is 12.1. The number of anilines is 1. The highest BCUT2D eigenvalue weighted by atomic mass is 16.6. The van der Waals surface area contributed by atoms with E-state index in [1.807, 2.05) is 6.92 Å². The smallest absolute Gasteiger partial charge is 0.313 e. The summed E-state index contributed by atoms with van der Waals surface area (Å²) in [5, 5.41) is 10.7. The first-order chi connectivity index (χ1) is 7.56. The Hall–Kier alpha value is -2.11. The molecule has 0 amide bonds. The number of nitrogens with two attached hydrogens (primary N) is 1. The Balaban J connectivity index is 3.01. The summed E-state index contributed by atoms with van der Waals surface area (Å²) >= 11 is 0. The summed E-state index contributed by atoms with van der Waals surface area (Å²) in [6.45, 7) is 1.81. The van der Waals surface area contributed by atoms with Crippen molar-refractivity contribution in [3.63, 3.8) is 0 Å². The second-order valence-electron chi connectivity index (χ2n) is 3.18. The molecule has 0 saturated heterocycles. The number of nitro benzene ring substituents is 1. The van der Waals surface area contributed by atoms with Crippen molar-refractivity contribution in [2.24, 2.45) is 0 Å². The molecule has 1 rings (SSSR count). The maximum Gasteiger partial charge on any atom is 0.313 e. The van der Waals surface area contributed by atoms with Gasteiger partial charge >= 0.3 is 11.7 Å². The molecule has 6 nitrogen and oxygen atoms in total. The van der Waals surface area contributed by atoms with Crippen LogP contribution < -0.4 is 10.5 Å². The van der Waals surface area contributed by atoms with E-state index in [0.29, 0.717) is 6.42 Å². The van der Waals surface area contributed by atoms with Gasteiger partial charge < -0.3 is 10.5 Å². The van der Waals surface area contributed by atoms with Crippen LogP contribution in [0.5, 0.6) is 5.75 Å². The van der Waals surface area contributed by atoms with Crippen LogP contribution in [0.3, 0.4) is 0 Å². The van der Waals surface area contributed by atoms with Crippen molar-refractivity contribution in [1.29, 1.82) is 0 Å². The van der Waals surface area contributed by atoms with Crippen LogP contribution in [-0.4, -0.2) is 10.9 Å². The second-order valence-corrected chi connectivity index (χ2v) is 3.18. The summed E-state index contributed by atoms with van der Waals surface area (Å²) < 4.78 is 4.87. The number of ether oxygens (including phenoxy) is 1. The van der Waals surface area contributed by atoms with Gasteiger partial charge in [0.1, 0.15) is 0 Å². The molecule has 0 aromatic heterocycles. The van der Waals surface area contributed by atoms with Gasteiger partial charge in [-0.15, -0.1) is 0 Å². The topological polar surface area (TPSA) is 95.5 Å². The van der Waals surface area contributed by atoms with Gasteiger partial charge in [0, 0.05) is 12.5 Å². The average Bonchev–Trinajstić information content (AvgIpc) is 2.21. The molecule has 2 N–H and O–H groups in total. The number of nitrogens with zero attached hydrogens (tertiary/aromatic N) is 1. The lowest BCUT2D eigenvalue weighted by atomic mass is 10.2. The van der Waals surface area contributed by atoms with Crippen molar-refractivity contribution >= 4 is 17.3 Å². The highest BCUT2D eigenvalue weighted by Crippen LogP contribution is 2.32. The lowest BCUT2D eigenvalue weighted by molar-refractivity contribution is -0.385. The fourth-order valence-corrected chi connectivity index (χ4v) is 1.17.